The molecule has 6 nitrogen and oxygen atoms in total. The number of aromatic nitrogens is 3. The molecule has 1 aliphatic heterocycles. The van der Waals surface area contributed by atoms with Crippen LogP contribution in [0.15, 0.2) is 102 Å². The van der Waals surface area contributed by atoms with Crippen molar-refractivity contribution < 1.29 is 4.79 Å². The number of amides is 2. The van der Waals surface area contributed by atoms with Crippen molar-refractivity contribution in [2.75, 3.05) is 11.6 Å². The average molecular weight is 520 g/mol. The van der Waals surface area contributed by atoms with Gasteiger partial charge >= 0.3 is 6.03 Å². The molecule has 0 fully saturated rings. The number of carbonyl (C=O) groups is 1. The van der Waals surface area contributed by atoms with Gasteiger partial charge in [-0.25, -0.2) is 9.48 Å². The maximum atomic E-state index is 14.0. The third kappa shape index (κ3) is 4.29. The first-order valence-electron chi connectivity index (χ1n) is 12.6. The molecule has 3 heterocycles. The SMILES string of the molecule is CSc1ccc(C2c3cccn3-c3c(c(C)nn3-c3ccccc3)CN2C(=O)Nc2cccc(C)c2)cc1. The van der Waals surface area contributed by atoms with E-state index in [4.69, 9.17) is 5.10 Å². The Bertz CT molecular complexity index is 1600. The fourth-order valence-electron chi connectivity index (χ4n) is 5.20. The van der Waals surface area contributed by atoms with E-state index in [1.807, 2.05) is 72.0 Å². The molecule has 2 aromatic heterocycles. The van der Waals surface area contributed by atoms with Gasteiger partial charge in [-0.15, -0.1) is 11.8 Å². The number of hydrogen-bond donors (Lipinski definition) is 1. The molecule has 6 rings (SSSR count). The molecule has 0 aliphatic carbocycles. The van der Waals surface area contributed by atoms with E-state index in [1.54, 1.807) is 11.8 Å². The highest BCUT2D eigenvalue weighted by Crippen LogP contribution is 2.39. The maximum absolute atomic E-state index is 14.0. The lowest BCUT2D eigenvalue weighted by molar-refractivity contribution is 0.194. The molecule has 3 aromatic carbocycles. The predicted octanol–water partition coefficient (Wildman–Crippen LogP) is 7.14. The molecule has 190 valence electrons. The summed E-state index contributed by atoms with van der Waals surface area (Å²) >= 11 is 1.71. The van der Waals surface area contributed by atoms with Crippen LogP contribution in [0.5, 0.6) is 0 Å². The molecule has 0 bridgehead atoms. The Labute approximate surface area is 226 Å². The third-order valence-corrected chi connectivity index (χ3v) is 7.79. The van der Waals surface area contributed by atoms with E-state index in [0.29, 0.717) is 6.54 Å². The predicted molar refractivity (Wildman–Crippen MR) is 153 cm³/mol. The number of para-hydroxylation sites is 1. The summed E-state index contributed by atoms with van der Waals surface area (Å²) in [7, 11) is 0. The number of fused-ring (bicyclic) bond motifs is 3. The Kier molecular flexibility index (Phi) is 6.29. The van der Waals surface area contributed by atoms with Crippen LogP contribution >= 0.6 is 11.8 Å². The molecule has 0 spiro atoms. The Morgan fingerprint density at radius 2 is 1.74 bits per heavy atom. The van der Waals surface area contributed by atoms with Gasteiger partial charge in [0.15, 0.2) is 0 Å². The number of aryl methyl sites for hydroxylation is 2. The molecular weight excluding hydrogens is 490 g/mol. The normalized spacial score (nSPS) is 14.5. The third-order valence-electron chi connectivity index (χ3n) is 7.05. The van der Waals surface area contributed by atoms with Gasteiger partial charge in [0.1, 0.15) is 5.82 Å². The van der Waals surface area contributed by atoms with Crippen molar-refractivity contribution in [2.45, 2.75) is 31.3 Å². The Morgan fingerprint density at radius 1 is 0.947 bits per heavy atom. The lowest BCUT2D eigenvalue weighted by atomic mass is 10.0. The molecule has 1 aliphatic rings. The van der Waals surface area contributed by atoms with Crippen LogP contribution in [0.1, 0.15) is 34.1 Å². The van der Waals surface area contributed by atoms with Gasteiger partial charge in [-0.3, -0.25) is 0 Å². The van der Waals surface area contributed by atoms with Crippen LogP contribution < -0.4 is 5.32 Å². The van der Waals surface area contributed by atoms with E-state index in [9.17, 15) is 4.79 Å². The summed E-state index contributed by atoms with van der Waals surface area (Å²) in [5.74, 6) is 0.963. The smallest absolute Gasteiger partial charge is 0.308 e. The minimum Gasteiger partial charge on any atom is -0.308 e. The number of hydrogen-bond acceptors (Lipinski definition) is 3. The highest BCUT2D eigenvalue weighted by atomic mass is 32.2. The lowest BCUT2D eigenvalue weighted by Gasteiger charge is -2.31. The lowest BCUT2D eigenvalue weighted by Crippen LogP contribution is -2.38. The first-order valence-corrected chi connectivity index (χ1v) is 13.9. The number of nitrogens with one attached hydrogen (secondary N) is 1. The first kappa shape index (κ1) is 24.1. The monoisotopic (exact) mass is 519 g/mol. The Morgan fingerprint density at radius 3 is 2.47 bits per heavy atom. The van der Waals surface area contributed by atoms with Crippen molar-refractivity contribution in [1.82, 2.24) is 19.2 Å². The van der Waals surface area contributed by atoms with Crippen LogP contribution in [0.2, 0.25) is 0 Å². The van der Waals surface area contributed by atoms with Gasteiger partial charge in [0.2, 0.25) is 0 Å². The van der Waals surface area contributed by atoms with Crippen LogP contribution in [0.25, 0.3) is 11.5 Å². The van der Waals surface area contributed by atoms with Gasteiger partial charge in [-0.05, 0) is 79.8 Å². The van der Waals surface area contributed by atoms with Crippen molar-refractivity contribution >= 4 is 23.5 Å². The molecule has 1 N–H and O–H groups in total. The fourth-order valence-corrected chi connectivity index (χ4v) is 5.61. The topological polar surface area (TPSA) is 55.1 Å². The van der Waals surface area contributed by atoms with Crippen molar-refractivity contribution in [1.29, 1.82) is 0 Å². The molecule has 0 radical (unpaired) electrons. The van der Waals surface area contributed by atoms with Crippen LogP contribution in [0.3, 0.4) is 0 Å². The molecular formula is C31H29N5OS. The second-order valence-electron chi connectivity index (χ2n) is 9.54. The van der Waals surface area contributed by atoms with E-state index < -0.39 is 0 Å². The number of thioether (sulfide) groups is 1. The maximum Gasteiger partial charge on any atom is 0.322 e. The summed E-state index contributed by atoms with van der Waals surface area (Å²) in [6.07, 6.45) is 4.14. The summed E-state index contributed by atoms with van der Waals surface area (Å²) in [4.78, 5) is 17.2. The van der Waals surface area contributed by atoms with Crippen molar-refractivity contribution in [3.8, 4) is 11.5 Å². The van der Waals surface area contributed by atoms with Crippen molar-refractivity contribution in [3.05, 3.63) is 125 Å². The average Bonchev–Trinajstić information content (AvgIpc) is 3.49. The van der Waals surface area contributed by atoms with Gasteiger partial charge in [-0.2, -0.15) is 5.10 Å². The van der Waals surface area contributed by atoms with Crippen molar-refractivity contribution in [3.63, 3.8) is 0 Å². The highest BCUT2D eigenvalue weighted by molar-refractivity contribution is 7.98. The zero-order valence-electron chi connectivity index (χ0n) is 21.6. The zero-order valence-corrected chi connectivity index (χ0v) is 22.4. The van der Waals surface area contributed by atoms with Crippen LogP contribution in [-0.4, -0.2) is 31.5 Å². The Balaban J connectivity index is 1.53. The van der Waals surface area contributed by atoms with Crippen LogP contribution in [-0.2, 0) is 6.54 Å². The molecule has 2 amide bonds. The quantitative estimate of drug-likeness (QED) is 0.257. The molecule has 0 saturated heterocycles. The van der Waals surface area contributed by atoms with E-state index >= 15 is 0 Å². The van der Waals surface area contributed by atoms with Crippen molar-refractivity contribution in [2.24, 2.45) is 0 Å². The minimum atomic E-state index is -0.290. The fraction of sp³-hybridized carbons (Fsp3) is 0.161. The van der Waals surface area contributed by atoms with Crippen LogP contribution in [0, 0.1) is 13.8 Å². The highest BCUT2D eigenvalue weighted by Gasteiger charge is 2.36. The summed E-state index contributed by atoms with van der Waals surface area (Å²) in [6, 6.07) is 30.3. The summed E-state index contributed by atoms with van der Waals surface area (Å²) in [6.45, 7) is 4.46. The molecule has 38 heavy (non-hydrogen) atoms. The van der Waals surface area contributed by atoms with E-state index in [0.717, 1.165) is 45.3 Å². The van der Waals surface area contributed by atoms with Gasteiger partial charge in [0.05, 0.1) is 29.7 Å². The largest absolute Gasteiger partial charge is 0.322 e. The molecule has 1 atom stereocenters. The second-order valence-corrected chi connectivity index (χ2v) is 10.4. The number of rotatable bonds is 4. The summed E-state index contributed by atoms with van der Waals surface area (Å²) in [5, 5.41) is 8.09. The Hall–Kier alpha value is -4.23. The summed E-state index contributed by atoms with van der Waals surface area (Å²) in [5.41, 5.74) is 6.85. The summed E-state index contributed by atoms with van der Waals surface area (Å²) < 4.78 is 4.18. The van der Waals surface area contributed by atoms with E-state index in [1.165, 1.54) is 4.90 Å². The molecule has 0 saturated carbocycles. The van der Waals surface area contributed by atoms with E-state index in [2.05, 4.69) is 64.8 Å². The molecule has 7 heteroatoms. The standard InChI is InChI=1S/C31H29N5OS/c1-21-9-7-10-24(19-21)32-31(37)35-20-27-22(2)33-36(25-11-5-4-6-12-25)30(27)34-18-8-13-28(34)29(35)23-14-16-26(38-3)17-15-23/h4-19,29H,20H2,1-3H3,(H,32,37). The van der Waals surface area contributed by atoms with Gasteiger partial charge in [0.25, 0.3) is 0 Å². The number of benzene rings is 3. The van der Waals surface area contributed by atoms with Gasteiger partial charge < -0.3 is 14.8 Å². The number of nitrogens with zero attached hydrogens (tertiary/aromatic N) is 4. The second kappa shape index (κ2) is 9.91. The molecule has 1 unspecified atom stereocenters. The van der Waals surface area contributed by atoms with E-state index in [-0.39, 0.29) is 12.1 Å². The first-order chi connectivity index (χ1) is 18.5. The van der Waals surface area contributed by atoms with Gasteiger partial charge in [0, 0.05) is 22.3 Å². The number of urea groups is 1. The number of carbonyl (C=O) groups excluding carboxylic acids is 1. The minimum absolute atomic E-state index is 0.151. The zero-order chi connectivity index (χ0) is 26.2. The number of anilines is 1. The molecule has 5 aromatic rings. The van der Waals surface area contributed by atoms with Crippen LogP contribution in [0.4, 0.5) is 10.5 Å². The van der Waals surface area contributed by atoms with Gasteiger partial charge in [-0.1, -0.05) is 42.5 Å².